The third kappa shape index (κ3) is 3.76. The SMILES string of the molecule is CCOCC(=O)N1CCN(Cc2ccncc2)[C@@H]2CS(=O)(=O)C[C@@H]21. The van der Waals surface area contributed by atoms with Crippen molar-refractivity contribution in [1.82, 2.24) is 14.8 Å². The highest BCUT2D eigenvalue weighted by Gasteiger charge is 2.47. The molecule has 2 saturated heterocycles. The average molecular weight is 353 g/mol. The minimum Gasteiger partial charge on any atom is -0.372 e. The van der Waals surface area contributed by atoms with Crippen LogP contribution < -0.4 is 0 Å². The lowest BCUT2D eigenvalue weighted by atomic mass is 10.0. The summed E-state index contributed by atoms with van der Waals surface area (Å²) in [5.41, 5.74) is 1.10. The fourth-order valence-corrected chi connectivity index (χ4v) is 5.54. The van der Waals surface area contributed by atoms with Gasteiger partial charge < -0.3 is 9.64 Å². The molecule has 0 saturated carbocycles. The second-order valence-electron chi connectivity index (χ2n) is 6.26. The number of amides is 1. The summed E-state index contributed by atoms with van der Waals surface area (Å²) in [5, 5.41) is 0. The number of pyridine rings is 1. The molecule has 24 heavy (non-hydrogen) atoms. The summed E-state index contributed by atoms with van der Waals surface area (Å²) in [5.74, 6) is 0.0382. The number of hydrogen-bond donors (Lipinski definition) is 0. The molecule has 2 atom stereocenters. The van der Waals surface area contributed by atoms with Gasteiger partial charge in [-0.3, -0.25) is 14.7 Å². The Morgan fingerprint density at radius 1 is 1.25 bits per heavy atom. The molecule has 1 amide bonds. The number of sulfone groups is 1. The first-order chi connectivity index (χ1) is 11.5. The summed E-state index contributed by atoms with van der Waals surface area (Å²) < 4.78 is 29.6. The molecule has 0 unspecified atom stereocenters. The lowest BCUT2D eigenvalue weighted by Crippen LogP contribution is -2.60. The van der Waals surface area contributed by atoms with Crippen LogP contribution in [-0.2, 0) is 25.9 Å². The maximum Gasteiger partial charge on any atom is 0.248 e. The summed E-state index contributed by atoms with van der Waals surface area (Å²) in [6.07, 6.45) is 3.47. The number of piperazine rings is 1. The van der Waals surface area contributed by atoms with Crippen LogP contribution in [0.4, 0.5) is 0 Å². The van der Waals surface area contributed by atoms with Gasteiger partial charge in [0.2, 0.25) is 5.91 Å². The molecule has 0 aliphatic carbocycles. The van der Waals surface area contributed by atoms with Crippen molar-refractivity contribution in [3.63, 3.8) is 0 Å². The van der Waals surface area contributed by atoms with E-state index in [1.165, 1.54) is 0 Å². The molecule has 3 rings (SSSR count). The van der Waals surface area contributed by atoms with Crippen molar-refractivity contribution in [3.8, 4) is 0 Å². The third-order valence-electron chi connectivity index (χ3n) is 4.68. The Labute approximate surface area is 142 Å². The van der Waals surface area contributed by atoms with Crippen molar-refractivity contribution < 1.29 is 17.9 Å². The summed E-state index contributed by atoms with van der Waals surface area (Å²) in [4.78, 5) is 20.2. The van der Waals surface area contributed by atoms with E-state index in [-0.39, 0.29) is 36.1 Å². The molecule has 0 radical (unpaired) electrons. The molecule has 0 spiro atoms. The summed E-state index contributed by atoms with van der Waals surface area (Å²) >= 11 is 0. The van der Waals surface area contributed by atoms with Crippen LogP contribution in [0, 0.1) is 0 Å². The number of nitrogens with zero attached hydrogens (tertiary/aromatic N) is 3. The van der Waals surface area contributed by atoms with Crippen molar-refractivity contribution >= 4 is 15.7 Å². The Kier molecular flexibility index (Phi) is 5.17. The van der Waals surface area contributed by atoms with Crippen molar-refractivity contribution in [2.45, 2.75) is 25.6 Å². The predicted octanol–water partition coefficient (Wildman–Crippen LogP) is -0.0721. The van der Waals surface area contributed by atoms with Gasteiger partial charge in [0.25, 0.3) is 0 Å². The second-order valence-corrected chi connectivity index (χ2v) is 8.42. The predicted molar refractivity (Wildman–Crippen MR) is 89.1 cm³/mol. The highest BCUT2D eigenvalue weighted by atomic mass is 32.2. The third-order valence-corrected chi connectivity index (χ3v) is 6.37. The smallest absolute Gasteiger partial charge is 0.248 e. The number of hydrogen-bond acceptors (Lipinski definition) is 6. The summed E-state index contributed by atoms with van der Waals surface area (Å²) in [7, 11) is -3.13. The van der Waals surface area contributed by atoms with Crippen molar-refractivity contribution in [3.05, 3.63) is 30.1 Å². The molecule has 0 bridgehead atoms. The van der Waals surface area contributed by atoms with Gasteiger partial charge in [-0.05, 0) is 24.6 Å². The molecule has 1 aromatic heterocycles. The molecule has 2 aliphatic rings. The first-order valence-electron chi connectivity index (χ1n) is 8.21. The maximum absolute atomic E-state index is 12.4. The normalized spacial score (nSPS) is 26.3. The molecule has 1 aromatic rings. The number of fused-ring (bicyclic) bond motifs is 1. The van der Waals surface area contributed by atoms with Crippen LogP contribution in [0.2, 0.25) is 0 Å². The van der Waals surface area contributed by atoms with E-state index in [2.05, 4.69) is 9.88 Å². The van der Waals surface area contributed by atoms with E-state index in [1.54, 1.807) is 17.3 Å². The van der Waals surface area contributed by atoms with Crippen LogP contribution in [0.25, 0.3) is 0 Å². The molecular formula is C16H23N3O4S. The molecule has 8 heteroatoms. The highest BCUT2D eigenvalue weighted by molar-refractivity contribution is 7.91. The van der Waals surface area contributed by atoms with E-state index in [4.69, 9.17) is 4.74 Å². The van der Waals surface area contributed by atoms with Gasteiger partial charge in [-0.1, -0.05) is 0 Å². The molecule has 132 valence electrons. The summed E-state index contributed by atoms with van der Waals surface area (Å²) in [6.45, 7) is 4.20. The van der Waals surface area contributed by atoms with E-state index in [9.17, 15) is 13.2 Å². The number of carbonyl (C=O) groups is 1. The maximum atomic E-state index is 12.4. The quantitative estimate of drug-likeness (QED) is 0.737. The Morgan fingerprint density at radius 2 is 1.96 bits per heavy atom. The molecule has 2 aliphatic heterocycles. The van der Waals surface area contributed by atoms with Crippen LogP contribution in [0.1, 0.15) is 12.5 Å². The minimum atomic E-state index is -3.13. The molecule has 3 heterocycles. The van der Waals surface area contributed by atoms with Gasteiger partial charge in [-0.2, -0.15) is 0 Å². The van der Waals surface area contributed by atoms with E-state index < -0.39 is 9.84 Å². The van der Waals surface area contributed by atoms with Crippen molar-refractivity contribution in [2.24, 2.45) is 0 Å². The fourth-order valence-electron chi connectivity index (χ4n) is 3.53. The Morgan fingerprint density at radius 3 is 2.67 bits per heavy atom. The Hall–Kier alpha value is -1.51. The molecular weight excluding hydrogens is 330 g/mol. The summed E-state index contributed by atoms with van der Waals surface area (Å²) in [6, 6.07) is 3.44. The van der Waals surface area contributed by atoms with Gasteiger partial charge in [0, 0.05) is 44.7 Å². The first kappa shape index (κ1) is 17.3. The largest absolute Gasteiger partial charge is 0.372 e. The van der Waals surface area contributed by atoms with Crippen LogP contribution in [0.5, 0.6) is 0 Å². The Bertz CT molecular complexity index is 680. The topological polar surface area (TPSA) is 79.8 Å². The zero-order valence-corrected chi connectivity index (χ0v) is 14.6. The van der Waals surface area contributed by atoms with Gasteiger partial charge >= 0.3 is 0 Å². The van der Waals surface area contributed by atoms with E-state index >= 15 is 0 Å². The van der Waals surface area contributed by atoms with E-state index in [0.717, 1.165) is 5.56 Å². The molecule has 0 N–H and O–H groups in total. The number of ether oxygens (including phenoxy) is 1. The monoisotopic (exact) mass is 353 g/mol. The molecule has 0 aromatic carbocycles. The van der Waals surface area contributed by atoms with Gasteiger partial charge in [0.1, 0.15) is 6.61 Å². The number of rotatable bonds is 5. The molecule has 7 nitrogen and oxygen atoms in total. The van der Waals surface area contributed by atoms with E-state index in [0.29, 0.717) is 26.2 Å². The van der Waals surface area contributed by atoms with E-state index in [1.807, 2.05) is 19.1 Å². The van der Waals surface area contributed by atoms with Gasteiger partial charge in [-0.15, -0.1) is 0 Å². The zero-order valence-electron chi connectivity index (χ0n) is 13.8. The van der Waals surface area contributed by atoms with Crippen LogP contribution in [0.3, 0.4) is 0 Å². The highest BCUT2D eigenvalue weighted by Crippen LogP contribution is 2.28. The van der Waals surface area contributed by atoms with Crippen LogP contribution in [-0.4, -0.2) is 79.0 Å². The standard InChI is InChI=1S/C16H23N3O4S/c1-2-23-10-16(20)19-8-7-18(9-13-3-5-17-6-4-13)14-11-24(21,22)12-15(14)19/h3-6,14-15H,2,7-12H2,1H3/t14-,15+/m1/s1. The molecule has 2 fully saturated rings. The van der Waals surface area contributed by atoms with Crippen molar-refractivity contribution in [1.29, 1.82) is 0 Å². The van der Waals surface area contributed by atoms with Gasteiger partial charge in [0.05, 0.1) is 17.5 Å². The second kappa shape index (κ2) is 7.16. The number of carbonyl (C=O) groups excluding carboxylic acids is 1. The van der Waals surface area contributed by atoms with Gasteiger partial charge in [0.15, 0.2) is 9.84 Å². The average Bonchev–Trinajstić information content (AvgIpc) is 2.89. The Balaban J connectivity index is 1.76. The van der Waals surface area contributed by atoms with Crippen molar-refractivity contribution in [2.75, 3.05) is 37.8 Å². The first-order valence-corrected chi connectivity index (χ1v) is 10.0. The minimum absolute atomic E-state index is 0.0180. The fraction of sp³-hybridized carbons (Fsp3) is 0.625. The lowest BCUT2D eigenvalue weighted by Gasteiger charge is -2.43. The van der Waals surface area contributed by atoms with Crippen LogP contribution in [0.15, 0.2) is 24.5 Å². The van der Waals surface area contributed by atoms with Crippen LogP contribution >= 0.6 is 0 Å². The van der Waals surface area contributed by atoms with Gasteiger partial charge in [-0.25, -0.2) is 8.42 Å². The lowest BCUT2D eigenvalue weighted by molar-refractivity contribution is -0.141. The zero-order chi connectivity index (χ0) is 17.2. The number of aromatic nitrogens is 1.